The number of para-hydroxylation sites is 1. The first-order valence-electron chi connectivity index (χ1n) is 9.38. The average Bonchev–Trinajstić information content (AvgIpc) is 3.04. The molecule has 0 spiro atoms. The molecule has 1 unspecified atom stereocenters. The molecule has 1 aromatic carbocycles. The zero-order valence-electron chi connectivity index (χ0n) is 15.1. The van der Waals surface area contributed by atoms with Crippen molar-refractivity contribution in [3.8, 4) is 0 Å². The summed E-state index contributed by atoms with van der Waals surface area (Å²) >= 11 is 0. The Morgan fingerprint density at radius 1 is 1.24 bits per heavy atom. The molecule has 136 valence electrons. The van der Waals surface area contributed by atoms with Crippen LogP contribution >= 0.6 is 0 Å². The number of carbonyl (C=O) groups is 2. The molecule has 1 saturated heterocycles. The van der Waals surface area contributed by atoms with E-state index in [1.54, 1.807) is 16.8 Å². The first kappa shape index (κ1) is 17.9. The molecule has 1 heterocycles. The van der Waals surface area contributed by atoms with Crippen molar-refractivity contribution in [2.45, 2.75) is 51.0 Å². The van der Waals surface area contributed by atoms with Crippen LogP contribution in [0.5, 0.6) is 0 Å². The molecule has 1 aromatic rings. The lowest BCUT2D eigenvalue weighted by atomic mass is 9.71. The molecule has 1 aliphatic heterocycles. The van der Waals surface area contributed by atoms with Crippen molar-refractivity contribution < 1.29 is 9.59 Å². The normalized spacial score (nSPS) is 22.9. The van der Waals surface area contributed by atoms with E-state index in [9.17, 15) is 9.59 Å². The summed E-state index contributed by atoms with van der Waals surface area (Å²) in [6.45, 7) is 1.22. The summed E-state index contributed by atoms with van der Waals surface area (Å²) in [7, 11) is 1.77. The molecule has 2 amide bonds. The number of carbonyl (C=O) groups excluding carboxylic acids is 2. The number of anilines is 1. The zero-order chi connectivity index (χ0) is 17.9. The molecule has 0 bridgehead atoms. The highest BCUT2D eigenvalue weighted by atomic mass is 16.2. The molecule has 3 rings (SSSR count). The molecule has 0 radical (unpaired) electrons. The molecular formula is C20H29N3O2. The van der Waals surface area contributed by atoms with E-state index in [0.29, 0.717) is 25.9 Å². The van der Waals surface area contributed by atoms with Gasteiger partial charge in [-0.1, -0.05) is 37.5 Å². The van der Waals surface area contributed by atoms with Crippen LogP contribution in [0.2, 0.25) is 0 Å². The Balaban J connectivity index is 1.65. The maximum absolute atomic E-state index is 12.9. The molecule has 25 heavy (non-hydrogen) atoms. The van der Waals surface area contributed by atoms with Gasteiger partial charge in [-0.25, -0.2) is 0 Å². The standard InChI is InChI=1S/C20H29N3O2/c1-22(18(24)14-20(15-21)11-6-3-7-12-20)17-10-13-23(19(17)25)16-8-4-2-5-9-16/h2,4-5,8-9,17H,3,6-7,10-15,21H2,1H3. The average molecular weight is 343 g/mol. The Morgan fingerprint density at radius 2 is 1.92 bits per heavy atom. The van der Waals surface area contributed by atoms with Gasteiger partial charge >= 0.3 is 0 Å². The fourth-order valence-corrected chi connectivity index (χ4v) is 4.26. The molecule has 2 fully saturated rings. The number of nitrogens with two attached hydrogens (primary N) is 1. The van der Waals surface area contributed by atoms with E-state index in [-0.39, 0.29) is 23.3 Å². The number of hydrogen-bond donors (Lipinski definition) is 1. The second-order valence-corrected chi connectivity index (χ2v) is 7.58. The molecule has 5 nitrogen and oxygen atoms in total. The number of rotatable bonds is 5. The van der Waals surface area contributed by atoms with Gasteiger partial charge in [0.25, 0.3) is 0 Å². The zero-order valence-corrected chi connectivity index (χ0v) is 15.1. The van der Waals surface area contributed by atoms with Crippen LogP contribution in [-0.2, 0) is 9.59 Å². The van der Waals surface area contributed by atoms with Gasteiger partial charge in [0, 0.05) is 25.7 Å². The van der Waals surface area contributed by atoms with E-state index in [4.69, 9.17) is 5.73 Å². The Labute approximate surface area is 150 Å². The van der Waals surface area contributed by atoms with Gasteiger partial charge in [-0.05, 0) is 43.4 Å². The molecule has 2 N–H and O–H groups in total. The molecule has 2 aliphatic rings. The number of amides is 2. The maximum Gasteiger partial charge on any atom is 0.249 e. The maximum atomic E-state index is 12.9. The third-order valence-corrected chi connectivity index (χ3v) is 5.98. The van der Waals surface area contributed by atoms with Crippen molar-refractivity contribution in [2.75, 3.05) is 25.0 Å². The van der Waals surface area contributed by atoms with Crippen LogP contribution in [0.1, 0.15) is 44.9 Å². The highest BCUT2D eigenvalue weighted by molar-refractivity contribution is 6.01. The Morgan fingerprint density at radius 3 is 2.56 bits per heavy atom. The van der Waals surface area contributed by atoms with Gasteiger partial charge < -0.3 is 15.5 Å². The van der Waals surface area contributed by atoms with E-state index in [2.05, 4.69) is 0 Å². The minimum atomic E-state index is -0.355. The summed E-state index contributed by atoms with van der Waals surface area (Å²) in [5.41, 5.74) is 6.86. The summed E-state index contributed by atoms with van der Waals surface area (Å²) in [6, 6.07) is 9.32. The van der Waals surface area contributed by atoms with E-state index in [1.807, 2.05) is 30.3 Å². The molecule has 0 aromatic heterocycles. The van der Waals surface area contributed by atoms with E-state index >= 15 is 0 Å². The summed E-state index contributed by atoms with van der Waals surface area (Å²) < 4.78 is 0. The molecule has 1 aliphatic carbocycles. The van der Waals surface area contributed by atoms with E-state index in [0.717, 1.165) is 31.4 Å². The number of nitrogens with zero attached hydrogens (tertiary/aromatic N) is 2. The van der Waals surface area contributed by atoms with Crippen molar-refractivity contribution in [1.29, 1.82) is 0 Å². The molecule has 5 heteroatoms. The van der Waals surface area contributed by atoms with Crippen molar-refractivity contribution in [3.63, 3.8) is 0 Å². The van der Waals surface area contributed by atoms with E-state index in [1.165, 1.54) is 6.42 Å². The monoisotopic (exact) mass is 343 g/mol. The number of benzene rings is 1. The third-order valence-electron chi connectivity index (χ3n) is 5.98. The predicted molar refractivity (Wildman–Crippen MR) is 99.2 cm³/mol. The minimum absolute atomic E-state index is 0.0208. The largest absolute Gasteiger partial charge is 0.334 e. The summed E-state index contributed by atoms with van der Waals surface area (Å²) in [5, 5.41) is 0. The van der Waals surface area contributed by atoms with Gasteiger partial charge in [-0.15, -0.1) is 0 Å². The van der Waals surface area contributed by atoms with Crippen LogP contribution in [0.3, 0.4) is 0 Å². The van der Waals surface area contributed by atoms with Gasteiger partial charge in [0.1, 0.15) is 6.04 Å². The molecular weight excluding hydrogens is 314 g/mol. The summed E-state index contributed by atoms with van der Waals surface area (Å²) in [5.74, 6) is 0.0769. The Hall–Kier alpha value is -1.88. The van der Waals surface area contributed by atoms with Crippen LogP contribution in [0.4, 0.5) is 5.69 Å². The highest BCUT2D eigenvalue weighted by Crippen LogP contribution is 2.39. The van der Waals surface area contributed by atoms with Crippen LogP contribution < -0.4 is 10.6 Å². The second kappa shape index (κ2) is 7.56. The lowest BCUT2D eigenvalue weighted by Crippen LogP contribution is -2.46. The van der Waals surface area contributed by atoms with Gasteiger partial charge in [0.05, 0.1) is 0 Å². The van der Waals surface area contributed by atoms with Gasteiger partial charge in [-0.2, -0.15) is 0 Å². The smallest absolute Gasteiger partial charge is 0.249 e. The fourth-order valence-electron chi connectivity index (χ4n) is 4.26. The van der Waals surface area contributed by atoms with E-state index < -0.39 is 0 Å². The fraction of sp³-hybridized carbons (Fsp3) is 0.600. The molecule has 1 saturated carbocycles. The SMILES string of the molecule is CN(C(=O)CC1(CN)CCCCC1)C1CCN(c2ccccc2)C1=O. The first-order valence-corrected chi connectivity index (χ1v) is 9.38. The van der Waals surface area contributed by atoms with Crippen LogP contribution in [0.25, 0.3) is 0 Å². The van der Waals surface area contributed by atoms with Gasteiger partial charge in [-0.3, -0.25) is 9.59 Å². The topological polar surface area (TPSA) is 66.6 Å². The summed E-state index contributed by atoms with van der Waals surface area (Å²) in [6.07, 6.45) is 6.74. The third kappa shape index (κ3) is 3.71. The molecule has 1 atom stereocenters. The van der Waals surface area contributed by atoms with Crippen molar-refractivity contribution in [2.24, 2.45) is 11.1 Å². The minimum Gasteiger partial charge on any atom is -0.334 e. The first-order chi connectivity index (χ1) is 12.1. The lowest BCUT2D eigenvalue weighted by molar-refractivity contribution is -0.139. The van der Waals surface area contributed by atoms with Crippen molar-refractivity contribution >= 4 is 17.5 Å². The van der Waals surface area contributed by atoms with Crippen LogP contribution in [-0.4, -0.2) is 42.9 Å². The van der Waals surface area contributed by atoms with Gasteiger partial charge in [0.2, 0.25) is 11.8 Å². The van der Waals surface area contributed by atoms with Crippen molar-refractivity contribution in [3.05, 3.63) is 30.3 Å². The summed E-state index contributed by atoms with van der Waals surface area (Å²) in [4.78, 5) is 29.1. The van der Waals surface area contributed by atoms with Crippen LogP contribution in [0.15, 0.2) is 30.3 Å². The Kier molecular flexibility index (Phi) is 5.42. The van der Waals surface area contributed by atoms with Gasteiger partial charge in [0.15, 0.2) is 0 Å². The second-order valence-electron chi connectivity index (χ2n) is 7.58. The van der Waals surface area contributed by atoms with Crippen molar-refractivity contribution in [1.82, 2.24) is 4.90 Å². The predicted octanol–water partition coefficient (Wildman–Crippen LogP) is 2.55. The Bertz CT molecular complexity index is 611. The van der Waals surface area contributed by atoms with Crippen LogP contribution in [0, 0.1) is 5.41 Å². The quantitative estimate of drug-likeness (QED) is 0.893. The number of hydrogen-bond acceptors (Lipinski definition) is 3. The lowest BCUT2D eigenvalue weighted by Gasteiger charge is -2.37. The number of likely N-dealkylation sites (N-methyl/N-ethyl adjacent to an activating group) is 1. The highest BCUT2D eigenvalue weighted by Gasteiger charge is 2.40.